The Labute approximate surface area is 69.1 Å². The molecule has 0 amide bonds. The Hall–Kier alpha value is -1.16. The lowest BCUT2D eigenvalue weighted by molar-refractivity contribution is -0.0813. The van der Waals surface area contributed by atoms with Crippen LogP contribution in [0.15, 0.2) is 18.3 Å². The van der Waals surface area contributed by atoms with Gasteiger partial charge in [-0.3, -0.25) is 0 Å². The summed E-state index contributed by atoms with van der Waals surface area (Å²) in [6, 6.07) is 2.83. The molecule has 0 unspecified atom stereocenters. The van der Waals surface area contributed by atoms with Crippen LogP contribution in [0.4, 0.5) is 4.39 Å². The summed E-state index contributed by atoms with van der Waals surface area (Å²) in [5.74, 6) is 0.0944. The predicted molar refractivity (Wildman–Crippen MR) is 39.4 cm³/mol. The SMILES string of the molecule is Fc1ccc(OC2COC2)nc1. The van der Waals surface area contributed by atoms with E-state index in [0.29, 0.717) is 19.1 Å². The summed E-state index contributed by atoms with van der Waals surface area (Å²) in [5, 5.41) is 0. The van der Waals surface area contributed by atoms with Gasteiger partial charge in [-0.2, -0.15) is 0 Å². The van der Waals surface area contributed by atoms with Crippen LogP contribution in [-0.4, -0.2) is 24.3 Å². The molecule has 0 saturated carbocycles. The minimum absolute atomic E-state index is 0.0861. The van der Waals surface area contributed by atoms with Crippen LogP contribution in [-0.2, 0) is 4.74 Å². The second-order valence-electron chi connectivity index (χ2n) is 2.59. The van der Waals surface area contributed by atoms with Crippen LogP contribution < -0.4 is 4.74 Å². The monoisotopic (exact) mass is 169 g/mol. The maximum atomic E-state index is 12.4. The van der Waals surface area contributed by atoms with Crippen LogP contribution in [0.3, 0.4) is 0 Å². The summed E-state index contributed by atoms with van der Waals surface area (Å²) in [6.07, 6.45) is 1.22. The van der Waals surface area contributed by atoms with Gasteiger partial charge in [-0.15, -0.1) is 0 Å². The van der Waals surface area contributed by atoms with Crippen molar-refractivity contribution in [2.24, 2.45) is 0 Å². The molecule has 12 heavy (non-hydrogen) atoms. The van der Waals surface area contributed by atoms with E-state index in [-0.39, 0.29) is 11.9 Å². The summed E-state index contributed by atoms with van der Waals surface area (Å²) >= 11 is 0. The van der Waals surface area contributed by atoms with Gasteiger partial charge < -0.3 is 9.47 Å². The van der Waals surface area contributed by atoms with Gasteiger partial charge in [0.05, 0.1) is 19.4 Å². The van der Waals surface area contributed by atoms with Crippen molar-refractivity contribution in [1.82, 2.24) is 4.98 Å². The molecule has 2 heterocycles. The summed E-state index contributed by atoms with van der Waals surface area (Å²) in [7, 11) is 0. The number of nitrogens with zero attached hydrogens (tertiary/aromatic N) is 1. The molecule has 1 saturated heterocycles. The molecule has 1 aromatic rings. The van der Waals surface area contributed by atoms with Gasteiger partial charge in [0.15, 0.2) is 0 Å². The summed E-state index contributed by atoms with van der Waals surface area (Å²) in [4.78, 5) is 3.75. The fraction of sp³-hybridized carbons (Fsp3) is 0.375. The zero-order valence-electron chi connectivity index (χ0n) is 6.37. The van der Waals surface area contributed by atoms with E-state index in [2.05, 4.69) is 4.98 Å². The number of ether oxygens (including phenoxy) is 2. The first-order chi connectivity index (χ1) is 5.84. The molecule has 1 fully saturated rings. The highest BCUT2D eigenvalue weighted by Gasteiger charge is 2.20. The van der Waals surface area contributed by atoms with E-state index < -0.39 is 0 Å². The Bertz CT molecular complexity index is 258. The van der Waals surface area contributed by atoms with Crippen LogP contribution in [0.5, 0.6) is 5.88 Å². The molecule has 1 aromatic heterocycles. The molecule has 1 aliphatic heterocycles. The van der Waals surface area contributed by atoms with Gasteiger partial charge >= 0.3 is 0 Å². The number of halogens is 1. The lowest BCUT2D eigenvalue weighted by Gasteiger charge is -2.25. The number of pyridine rings is 1. The van der Waals surface area contributed by atoms with E-state index in [1.54, 1.807) is 0 Å². The fourth-order valence-corrected chi connectivity index (χ4v) is 0.885. The summed E-state index contributed by atoms with van der Waals surface area (Å²) in [5.41, 5.74) is 0. The molecule has 0 atom stereocenters. The van der Waals surface area contributed by atoms with Gasteiger partial charge in [-0.05, 0) is 6.07 Å². The second kappa shape index (κ2) is 3.06. The highest BCUT2D eigenvalue weighted by molar-refractivity contribution is 5.11. The van der Waals surface area contributed by atoms with Gasteiger partial charge in [-0.25, -0.2) is 9.37 Å². The minimum atomic E-state index is -0.354. The summed E-state index contributed by atoms with van der Waals surface area (Å²) in [6.45, 7) is 1.19. The third-order valence-corrected chi connectivity index (χ3v) is 1.60. The van der Waals surface area contributed by atoms with Crippen LogP contribution in [0.2, 0.25) is 0 Å². The van der Waals surface area contributed by atoms with Crippen LogP contribution in [0, 0.1) is 5.82 Å². The van der Waals surface area contributed by atoms with Crippen molar-refractivity contribution < 1.29 is 13.9 Å². The van der Waals surface area contributed by atoms with Crippen molar-refractivity contribution in [3.8, 4) is 5.88 Å². The third kappa shape index (κ3) is 1.53. The molecule has 2 rings (SSSR count). The third-order valence-electron chi connectivity index (χ3n) is 1.60. The molecule has 1 aliphatic rings. The molecule has 4 heteroatoms. The largest absolute Gasteiger partial charge is 0.469 e. The van der Waals surface area contributed by atoms with Crippen molar-refractivity contribution >= 4 is 0 Å². The molecule has 0 aliphatic carbocycles. The van der Waals surface area contributed by atoms with Gasteiger partial charge in [-0.1, -0.05) is 0 Å². The molecule has 0 spiro atoms. The molecule has 0 aromatic carbocycles. The van der Waals surface area contributed by atoms with E-state index in [1.807, 2.05) is 0 Å². The number of hydrogen-bond acceptors (Lipinski definition) is 3. The predicted octanol–water partition coefficient (Wildman–Crippen LogP) is 0.998. The van der Waals surface area contributed by atoms with Gasteiger partial charge in [0.25, 0.3) is 0 Å². The van der Waals surface area contributed by atoms with E-state index in [4.69, 9.17) is 9.47 Å². The Morgan fingerprint density at radius 1 is 1.50 bits per heavy atom. The summed E-state index contributed by atoms with van der Waals surface area (Å²) < 4.78 is 22.6. The molecule has 0 N–H and O–H groups in total. The van der Waals surface area contributed by atoms with Crippen LogP contribution in [0.25, 0.3) is 0 Å². The highest BCUT2D eigenvalue weighted by Crippen LogP contribution is 2.12. The highest BCUT2D eigenvalue weighted by atomic mass is 19.1. The number of hydrogen-bond donors (Lipinski definition) is 0. The quantitative estimate of drug-likeness (QED) is 0.661. The Kier molecular flexibility index (Phi) is 1.91. The fourth-order valence-electron chi connectivity index (χ4n) is 0.885. The maximum absolute atomic E-state index is 12.4. The molecular formula is C8H8FNO2. The van der Waals surface area contributed by atoms with Crippen molar-refractivity contribution in [1.29, 1.82) is 0 Å². The lowest BCUT2D eigenvalue weighted by atomic mass is 10.3. The molecular weight excluding hydrogens is 161 g/mol. The normalized spacial score (nSPS) is 17.1. The zero-order chi connectivity index (χ0) is 8.39. The van der Waals surface area contributed by atoms with Gasteiger partial charge in [0, 0.05) is 6.07 Å². The van der Waals surface area contributed by atoms with Gasteiger partial charge in [0.2, 0.25) is 5.88 Å². The van der Waals surface area contributed by atoms with Crippen molar-refractivity contribution in [2.45, 2.75) is 6.10 Å². The maximum Gasteiger partial charge on any atom is 0.213 e. The number of rotatable bonds is 2. The van der Waals surface area contributed by atoms with E-state index in [9.17, 15) is 4.39 Å². The average Bonchev–Trinajstić information content (AvgIpc) is 2.00. The lowest BCUT2D eigenvalue weighted by Crippen LogP contribution is -2.38. The Morgan fingerprint density at radius 2 is 2.33 bits per heavy atom. The zero-order valence-corrected chi connectivity index (χ0v) is 6.37. The Morgan fingerprint density at radius 3 is 2.83 bits per heavy atom. The first kappa shape index (κ1) is 7.49. The molecule has 3 nitrogen and oxygen atoms in total. The van der Waals surface area contributed by atoms with Gasteiger partial charge in [0.1, 0.15) is 11.9 Å². The topological polar surface area (TPSA) is 31.4 Å². The minimum Gasteiger partial charge on any atom is -0.469 e. The van der Waals surface area contributed by atoms with Crippen molar-refractivity contribution in [3.63, 3.8) is 0 Å². The second-order valence-corrected chi connectivity index (χ2v) is 2.59. The van der Waals surface area contributed by atoms with Crippen molar-refractivity contribution in [2.75, 3.05) is 13.2 Å². The van der Waals surface area contributed by atoms with Crippen molar-refractivity contribution in [3.05, 3.63) is 24.1 Å². The smallest absolute Gasteiger partial charge is 0.213 e. The molecule has 0 radical (unpaired) electrons. The average molecular weight is 169 g/mol. The Balaban J connectivity index is 1.98. The number of aromatic nitrogens is 1. The standard InChI is InChI=1S/C8H8FNO2/c9-6-1-2-8(10-3-6)12-7-4-11-5-7/h1-3,7H,4-5H2. The molecule has 64 valence electrons. The molecule has 0 bridgehead atoms. The van der Waals surface area contributed by atoms with Crippen LogP contribution in [0.1, 0.15) is 0 Å². The van der Waals surface area contributed by atoms with E-state index in [0.717, 1.165) is 6.20 Å². The van der Waals surface area contributed by atoms with E-state index in [1.165, 1.54) is 12.1 Å². The van der Waals surface area contributed by atoms with E-state index >= 15 is 0 Å². The van der Waals surface area contributed by atoms with Crippen LogP contribution >= 0.6 is 0 Å². The first-order valence-electron chi connectivity index (χ1n) is 3.70. The first-order valence-corrected chi connectivity index (χ1v) is 3.70.